The van der Waals surface area contributed by atoms with Crippen LogP contribution >= 0.6 is 0 Å². The molecule has 1 N–H and O–H groups in total. The summed E-state index contributed by atoms with van der Waals surface area (Å²) in [4.78, 5) is 13.1. The predicted molar refractivity (Wildman–Crippen MR) is 62.1 cm³/mol. The molecule has 1 fully saturated rings. The number of amides is 1. The van der Waals surface area contributed by atoms with Crippen molar-refractivity contribution in [2.45, 2.75) is 38.7 Å². The quantitative estimate of drug-likeness (QED) is 0.766. The van der Waals surface area contributed by atoms with E-state index in [1.807, 2.05) is 0 Å². The average Bonchev–Trinajstić information content (AvgIpc) is 2.26. The third kappa shape index (κ3) is 4.49. The SMILES string of the molecule is CC1CCCC(OCC(=O)N(C)CCO)C1. The number of nitrogens with zero attached hydrogens (tertiary/aromatic N) is 1. The van der Waals surface area contributed by atoms with Crippen molar-refractivity contribution in [1.82, 2.24) is 4.90 Å². The number of aliphatic hydroxyl groups excluding tert-OH is 1. The first-order valence-corrected chi connectivity index (χ1v) is 6.10. The van der Waals surface area contributed by atoms with Crippen molar-refractivity contribution in [2.24, 2.45) is 5.92 Å². The Morgan fingerprint density at radius 1 is 1.50 bits per heavy atom. The summed E-state index contributed by atoms with van der Waals surface area (Å²) < 4.78 is 5.61. The summed E-state index contributed by atoms with van der Waals surface area (Å²) in [5.41, 5.74) is 0. The highest BCUT2D eigenvalue weighted by molar-refractivity contribution is 5.77. The zero-order valence-corrected chi connectivity index (χ0v) is 10.3. The van der Waals surface area contributed by atoms with Crippen molar-refractivity contribution in [3.63, 3.8) is 0 Å². The number of carbonyl (C=O) groups excluding carboxylic acids is 1. The third-order valence-electron chi connectivity index (χ3n) is 3.19. The number of aliphatic hydroxyl groups is 1. The van der Waals surface area contributed by atoms with Crippen molar-refractivity contribution < 1.29 is 14.6 Å². The molecule has 4 nitrogen and oxygen atoms in total. The maximum atomic E-state index is 11.5. The molecule has 0 aromatic heterocycles. The second-order valence-electron chi connectivity index (χ2n) is 4.74. The van der Waals surface area contributed by atoms with Crippen molar-refractivity contribution >= 4 is 5.91 Å². The van der Waals surface area contributed by atoms with E-state index in [0.717, 1.165) is 12.8 Å². The number of hydrogen-bond donors (Lipinski definition) is 1. The van der Waals surface area contributed by atoms with Crippen LogP contribution in [0, 0.1) is 5.92 Å². The Hall–Kier alpha value is -0.610. The molecule has 94 valence electrons. The van der Waals surface area contributed by atoms with Crippen LogP contribution in [-0.4, -0.2) is 48.8 Å². The molecule has 0 spiro atoms. The van der Waals surface area contributed by atoms with E-state index in [4.69, 9.17) is 9.84 Å². The van der Waals surface area contributed by atoms with E-state index in [9.17, 15) is 4.79 Å². The minimum atomic E-state index is -0.0488. The van der Waals surface area contributed by atoms with E-state index in [1.165, 1.54) is 17.7 Å². The minimum Gasteiger partial charge on any atom is -0.395 e. The van der Waals surface area contributed by atoms with Gasteiger partial charge in [0.15, 0.2) is 0 Å². The first-order chi connectivity index (χ1) is 7.63. The van der Waals surface area contributed by atoms with Crippen molar-refractivity contribution in [1.29, 1.82) is 0 Å². The van der Waals surface area contributed by atoms with Gasteiger partial charge >= 0.3 is 0 Å². The first kappa shape index (κ1) is 13.5. The summed E-state index contributed by atoms with van der Waals surface area (Å²) in [5, 5.41) is 8.70. The number of carbonyl (C=O) groups is 1. The third-order valence-corrected chi connectivity index (χ3v) is 3.19. The predicted octanol–water partition coefficient (Wildman–Crippen LogP) is 1.03. The molecule has 0 saturated heterocycles. The molecule has 4 heteroatoms. The van der Waals surface area contributed by atoms with Gasteiger partial charge in [0.1, 0.15) is 6.61 Å². The van der Waals surface area contributed by atoms with E-state index in [1.54, 1.807) is 7.05 Å². The minimum absolute atomic E-state index is 0.00268. The van der Waals surface area contributed by atoms with Crippen molar-refractivity contribution in [2.75, 3.05) is 26.8 Å². The molecular weight excluding hydrogens is 206 g/mol. The van der Waals surface area contributed by atoms with Crippen molar-refractivity contribution in [3.8, 4) is 0 Å². The monoisotopic (exact) mass is 229 g/mol. The maximum Gasteiger partial charge on any atom is 0.248 e. The highest BCUT2D eigenvalue weighted by atomic mass is 16.5. The highest BCUT2D eigenvalue weighted by Crippen LogP contribution is 2.25. The fourth-order valence-corrected chi connectivity index (χ4v) is 2.10. The number of hydrogen-bond acceptors (Lipinski definition) is 3. The van der Waals surface area contributed by atoms with E-state index in [-0.39, 0.29) is 25.2 Å². The molecule has 1 amide bonds. The summed E-state index contributed by atoms with van der Waals surface area (Å²) in [7, 11) is 1.69. The second kappa shape index (κ2) is 6.86. The zero-order valence-electron chi connectivity index (χ0n) is 10.3. The van der Waals surface area contributed by atoms with Crippen LogP contribution in [0.1, 0.15) is 32.6 Å². The molecule has 1 saturated carbocycles. The van der Waals surface area contributed by atoms with Crippen molar-refractivity contribution in [3.05, 3.63) is 0 Å². The highest BCUT2D eigenvalue weighted by Gasteiger charge is 2.20. The van der Waals surface area contributed by atoms with Gasteiger partial charge in [-0.2, -0.15) is 0 Å². The maximum absolute atomic E-state index is 11.5. The largest absolute Gasteiger partial charge is 0.395 e. The van der Waals surface area contributed by atoms with Gasteiger partial charge in [-0.3, -0.25) is 4.79 Å². The van der Waals surface area contributed by atoms with Gasteiger partial charge in [0.25, 0.3) is 0 Å². The molecule has 0 bridgehead atoms. The topological polar surface area (TPSA) is 49.8 Å². The Morgan fingerprint density at radius 2 is 2.25 bits per heavy atom. The molecular formula is C12H23NO3. The first-order valence-electron chi connectivity index (χ1n) is 6.10. The smallest absolute Gasteiger partial charge is 0.248 e. The Bertz CT molecular complexity index is 220. The van der Waals surface area contributed by atoms with Crippen LogP contribution in [0.5, 0.6) is 0 Å². The molecule has 0 aromatic rings. The van der Waals surface area contributed by atoms with Gasteiger partial charge in [-0.25, -0.2) is 0 Å². The summed E-state index contributed by atoms with van der Waals surface area (Å²) in [6.45, 7) is 2.76. The van der Waals surface area contributed by atoms with Gasteiger partial charge in [-0.15, -0.1) is 0 Å². The Balaban J connectivity index is 2.20. The number of likely N-dealkylation sites (N-methyl/N-ethyl adjacent to an activating group) is 1. The van der Waals surface area contributed by atoms with Gasteiger partial charge in [0, 0.05) is 13.6 Å². The summed E-state index contributed by atoms with van der Waals surface area (Å²) in [5.74, 6) is 0.663. The molecule has 1 aliphatic rings. The lowest BCUT2D eigenvalue weighted by Gasteiger charge is -2.27. The molecule has 0 aliphatic heterocycles. The van der Waals surface area contributed by atoms with Crippen LogP contribution in [0.25, 0.3) is 0 Å². The van der Waals surface area contributed by atoms with Gasteiger partial charge in [-0.1, -0.05) is 19.8 Å². The summed E-state index contributed by atoms with van der Waals surface area (Å²) in [6.07, 6.45) is 4.86. The zero-order chi connectivity index (χ0) is 12.0. The Morgan fingerprint density at radius 3 is 2.88 bits per heavy atom. The van der Waals surface area contributed by atoms with Crippen LogP contribution in [-0.2, 0) is 9.53 Å². The lowest BCUT2D eigenvalue weighted by atomic mass is 9.89. The van der Waals surface area contributed by atoms with Gasteiger partial charge in [0.2, 0.25) is 5.91 Å². The fourth-order valence-electron chi connectivity index (χ4n) is 2.10. The van der Waals surface area contributed by atoms with Crippen LogP contribution in [0.2, 0.25) is 0 Å². The van der Waals surface area contributed by atoms with E-state index >= 15 is 0 Å². The molecule has 2 atom stereocenters. The van der Waals surface area contributed by atoms with Crippen LogP contribution < -0.4 is 0 Å². The molecule has 0 heterocycles. The van der Waals surface area contributed by atoms with Gasteiger partial charge in [-0.05, 0) is 18.8 Å². The Labute approximate surface area is 97.6 Å². The number of ether oxygens (including phenoxy) is 1. The van der Waals surface area contributed by atoms with Crippen LogP contribution in [0.15, 0.2) is 0 Å². The van der Waals surface area contributed by atoms with Gasteiger partial charge < -0.3 is 14.7 Å². The average molecular weight is 229 g/mol. The van der Waals surface area contributed by atoms with Crippen LogP contribution in [0.3, 0.4) is 0 Å². The standard InChI is InChI=1S/C12H23NO3/c1-10-4-3-5-11(8-10)16-9-12(15)13(2)6-7-14/h10-11,14H,3-9H2,1-2H3. The van der Waals surface area contributed by atoms with E-state index < -0.39 is 0 Å². The lowest BCUT2D eigenvalue weighted by Crippen LogP contribution is -2.34. The number of rotatable bonds is 5. The summed E-state index contributed by atoms with van der Waals surface area (Å²) >= 11 is 0. The molecule has 2 unspecified atom stereocenters. The van der Waals surface area contributed by atoms with E-state index in [2.05, 4.69) is 6.92 Å². The molecule has 16 heavy (non-hydrogen) atoms. The van der Waals surface area contributed by atoms with Gasteiger partial charge in [0.05, 0.1) is 12.7 Å². The molecule has 1 rings (SSSR count). The Kier molecular flexibility index (Phi) is 5.77. The molecule has 0 radical (unpaired) electrons. The summed E-state index contributed by atoms with van der Waals surface area (Å²) in [6, 6.07) is 0. The van der Waals surface area contributed by atoms with Crippen LogP contribution in [0.4, 0.5) is 0 Å². The second-order valence-corrected chi connectivity index (χ2v) is 4.74. The molecule has 0 aromatic carbocycles. The fraction of sp³-hybridized carbons (Fsp3) is 0.917. The lowest BCUT2D eigenvalue weighted by molar-refractivity contribution is -0.138. The molecule has 1 aliphatic carbocycles. The van der Waals surface area contributed by atoms with E-state index in [0.29, 0.717) is 12.5 Å². The normalized spacial score (nSPS) is 25.4.